The predicted octanol–water partition coefficient (Wildman–Crippen LogP) is 0.00710. The van der Waals surface area contributed by atoms with Crippen molar-refractivity contribution in [3.05, 3.63) is 0 Å². The minimum atomic E-state index is -0.362. The Morgan fingerprint density at radius 1 is 1.60 bits per heavy atom. The molecule has 0 radical (unpaired) electrons. The second kappa shape index (κ2) is 5.37. The molecule has 0 bridgehead atoms. The molecular weight excluding hydrogens is 214 g/mol. The SMILES string of the molecule is CSCCC1NC(=O)N(C(C)CN)C1=O. The average Bonchev–Trinajstić information content (AvgIpc) is 2.50. The number of amides is 3. The summed E-state index contributed by atoms with van der Waals surface area (Å²) in [6.07, 6.45) is 2.65. The summed E-state index contributed by atoms with van der Waals surface area (Å²) in [7, 11) is 0. The van der Waals surface area contributed by atoms with Crippen molar-refractivity contribution in [2.75, 3.05) is 18.6 Å². The van der Waals surface area contributed by atoms with Gasteiger partial charge in [-0.05, 0) is 25.4 Å². The fourth-order valence-corrected chi connectivity index (χ4v) is 1.97. The summed E-state index contributed by atoms with van der Waals surface area (Å²) in [4.78, 5) is 24.5. The standard InChI is InChI=1S/C9H17N3O2S/c1-6(5-10)12-8(13)7(3-4-15-2)11-9(12)14/h6-7H,3-5,10H2,1-2H3,(H,11,14). The Morgan fingerprint density at radius 2 is 2.27 bits per heavy atom. The number of imide groups is 1. The highest BCUT2D eigenvalue weighted by molar-refractivity contribution is 7.98. The molecule has 0 aromatic rings. The lowest BCUT2D eigenvalue weighted by molar-refractivity contribution is -0.128. The molecule has 6 heteroatoms. The molecule has 0 aromatic carbocycles. The summed E-state index contributed by atoms with van der Waals surface area (Å²) in [6, 6.07) is -0.903. The van der Waals surface area contributed by atoms with Crippen molar-refractivity contribution in [1.29, 1.82) is 0 Å². The summed E-state index contributed by atoms with van der Waals surface area (Å²) in [5.74, 6) is 0.716. The minimum Gasteiger partial charge on any atom is -0.328 e. The topological polar surface area (TPSA) is 75.4 Å². The van der Waals surface area contributed by atoms with Gasteiger partial charge in [0.15, 0.2) is 0 Å². The molecule has 1 fully saturated rings. The van der Waals surface area contributed by atoms with Crippen molar-refractivity contribution >= 4 is 23.7 Å². The first-order chi connectivity index (χ1) is 7.11. The summed E-state index contributed by atoms with van der Waals surface area (Å²) in [6.45, 7) is 2.07. The molecule has 2 unspecified atom stereocenters. The van der Waals surface area contributed by atoms with E-state index in [4.69, 9.17) is 5.73 Å². The van der Waals surface area contributed by atoms with Crippen LogP contribution in [-0.2, 0) is 4.79 Å². The van der Waals surface area contributed by atoms with E-state index in [1.807, 2.05) is 6.26 Å². The van der Waals surface area contributed by atoms with Crippen LogP contribution in [0.25, 0.3) is 0 Å². The first kappa shape index (κ1) is 12.3. The number of nitrogens with two attached hydrogens (primary N) is 1. The summed E-state index contributed by atoms with van der Waals surface area (Å²) in [5.41, 5.74) is 5.44. The molecule has 0 spiro atoms. The van der Waals surface area contributed by atoms with Gasteiger partial charge in [-0.15, -0.1) is 0 Å². The van der Waals surface area contributed by atoms with Crippen molar-refractivity contribution in [1.82, 2.24) is 10.2 Å². The molecule has 1 rings (SSSR count). The van der Waals surface area contributed by atoms with E-state index in [9.17, 15) is 9.59 Å². The van der Waals surface area contributed by atoms with Crippen LogP contribution in [0.15, 0.2) is 0 Å². The van der Waals surface area contributed by atoms with Gasteiger partial charge in [-0.1, -0.05) is 0 Å². The van der Waals surface area contributed by atoms with Crippen LogP contribution in [0.2, 0.25) is 0 Å². The molecule has 1 aliphatic heterocycles. The second-order valence-electron chi connectivity index (χ2n) is 3.58. The lowest BCUT2D eigenvalue weighted by Crippen LogP contribution is -2.43. The van der Waals surface area contributed by atoms with Crippen LogP contribution in [-0.4, -0.2) is 47.5 Å². The third-order valence-corrected chi connectivity index (χ3v) is 3.09. The monoisotopic (exact) mass is 231 g/mol. The minimum absolute atomic E-state index is 0.146. The van der Waals surface area contributed by atoms with Crippen molar-refractivity contribution in [3.63, 3.8) is 0 Å². The zero-order chi connectivity index (χ0) is 11.4. The Balaban J connectivity index is 2.62. The number of urea groups is 1. The van der Waals surface area contributed by atoms with Crippen LogP contribution in [0, 0.1) is 0 Å². The van der Waals surface area contributed by atoms with E-state index in [2.05, 4.69) is 5.32 Å². The van der Waals surface area contributed by atoms with Gasteiger partial charge in [-0.2, -0.15) is 11.8 Å². The number of rotatable bonds is 5. The Bertz CT molecular complexity index is 260. The van der Waals surface area contributed by atoms with E-state index in [1.54, 1.807) is 18.7 Å². The zero-order valence-corrected chi connectivity index (χ0v) is 9.84. The molecule has 1 aliphatic rings. The van der Waals surface area contributed by atoms with Crippen molar-refractivity contribution in [3.8, 4) is 0 Å². The van der Waals surface area contributed by atoms with Crippen molar-refractivity contribution in [2.45, 2.75) is 25.4 Å². The normalized spacial score (nSPS) is 23.1. The van der Waals surface area contributed by atoms with Crippen LogP contribution in [0.3, 0.4) is 0 Å². The van der Waals surface area contributed by atoms with E-state index in [1.165, 1.54) is 4.90 Å². The molecule has 0 aromatic heterocycles. The van der Waals surface area contributed by atoms with Gasteiger partial charge in [-0.3, -0.25) is 9.69 Å². The van der Waals surface area contributed by atoms with Gasteiger partial charge in [0.2, 0.25) is 0 Å². The molecule has 2 atom stereocenters. The summed E-state index contributed by atoms with van der Waals surface area (Å²) in [5, 5.41) is 2.67. The van der Waals surface area contributed by atoms with E-state index >= 15 is 0 Å². The molecule has 1 saturated heterocycles. The number of nitrogens with one attached hydrogen (secondary N) is 1. The van der Waals surface area contributed by atoms with Crippen molar-refractivity contribution in [2.24, 2.45) is 5.73 Å². The Kier molecular flexibility index (Phi) is 4.41. The maximum atomic E-state index is 11.8. The molecule has 1 heterocycles. The third-order valence-electron chi connectivity index (χ3n) is 2.44. The van der Waals surface area contributed by atoms with Crippen LogP contribution >= 0.6 is 11.8 Å². The lowest BCUT2D eigenvalue weighted by atomic mass is 10.2. The number of nitrogens with zero attached hydrogens (tertiary/aromatic N) is 1. The number of hydrogen-bond acceptors (Lipinski definition) is 4. The molecular formula is C9H17N3O2S. The van der Waals surface area contributed by atoms with Gasteiger partial charge >= 0.3 is 6.03 Å². The van der Waals surface area contributed by atoms with E-state index in [-0.39, 0.29) is 24.0 Å². The maximum absolute atomic E-state index is 11.8. The first-order valence-corrected chi connectivity index (χ1v) is 6.33. The number of thioether (sulfide) groups is 1. The Morgan fingerprint density at radius 3 is 2.80 bits per heavy atom. The van der Waals surface area contributed by atoms with Crippen LogP contribution in [0.4, 0.5) is 4.79 Å². The van der Waals surface area contributed by atoms with Crippen LogP contribution in [0.1, 0.15) is 13.3 Å². The summed E-state index contributed by atoms with van der Waals surface area (Å²) < 4.78 is 0. The Labute approximate surface area is 93.7 Å². The molecule has 5 nitrogen and oxygen atoms in total. The highest BCUT2D eigenvalue weighted by Gasteiger charge is 2.39. The fraction of sp³-hybridized carbons (Fsp3) is 0.778. The third kappa shape index (κ3) is 2.63. The summed E-state index contributed by atoms with van der Waals surface area (Å²) >= 11 is 1.66. The fourth-order valence-electron chi connectivity index (χ4n) is 1.50. The largest absolute Gasteiger partial charge is 0.328 e. The lowest BCUT2D eigenvalue weighted by Gasteiger charge is -2.19. The predicted molar refractivity (Wildman–Crippen MR) is 60.7 cm³/mol. The molecule has 15 heavy (non-hydrogen) atoms. The van der Waals surface area contributed by atoms with Gasteiger partial charge in [-0.25, -0.2) is 4.79 Å². The van der Waals surface area contributed by atoms with Crippen LogP contribution in [0.5, 0.6) is 0 Å². The van der Waals surface area contributed by atoms with Gasteiger partial charge < -0.3 is 11.1 Å². The van der Waals surface area contributed by atoms with Gasteiger partial charge in [0.1, 0.15) is 6.04 Å². The average molecular weight is 231 g/mol. The molecule has 0 aliphatic carbocycles. The first-order valence-electron chi connectivity index (χ1n) is 4.94. The van der Waals surface area contributed by atoms with Gasteiger partial charge in [0.05, 0.1) is 6.04 Å². The van der Waals surface area contributed by atoms with Crippen LogP contribution < -0.4 is 11.1 Å². The number of hydrogen-bond donors (Lipinski definition) is 2. The van der Waals surface area contributed by atoms with E-state index in [0.717, 1.165) is 5.75 Å². The molecule has 86 valence electrons. The number of carbonyl (C=O) groups is 2. The smallest absolute Gasteiger partial charge is 0.325 e. The molecule has 3 N–H and O–H groups in total. The highest BCUT2D eigenvalue weighted by atomic mass is 32.2. The zero-order valence-electron chi connectivity index (χ0n) is 9.03. The second-order valence-corrected chi connectivity index (χ2v) is 4.56. The van der Waals surface area contributed by atoms with E-state index in [0.29, 0.717) is 13.0 Å². The van der Waals surface area contributed by atoms with Crippen molar-refractivity contribution < 1.29 is 9.59 Å². The Hall–Kier alpha value is -0.750. The highest BCUT2D eigenvalue weighted by Crippen LogP contribution is 2.14. The van der Waals surface area contributed by atoms with Gasteiger partial charge in [0, 0.05) is 6.54 Å². The maximum Gasteiger partial charge on any atom is 0.325 e. The van der Waals surface area contributed by atoms with Gasteiger partial charge in [0.25, 0.3) is 5.91 Å². The number of carbonyl (C=O) groups excluding carboxylic acids is 2. The molecule has 3 amide bonds. The molecule has 0 saturated carbocycles. The van der Waals surface area contributed by atoms with E-state index < -0.39 is 0 Å². The quantitative estimate of drug-likeness (QED) is 0.653.